The molecule has 27 heavy (non-hydrogen) atoms. The highest BCUT2D eigenvalue weighted by Crippen LogP contribution is 2.26. The van der Waals surface area contributed by atoms with Crippen LogP contribution >= 0.6 is 39.3 Å². The highest BCUT2D eigenvalue weighted by atomic mass is 79.9. The van der Waals surface area contributed by atoms with Crippen molar-refractivity contribution in [1.82, 2.24) is 9.55 Å². The summed E-state index contributed by atoms with van der Waals surface area (Å²) in [6.45, 7) is 4.01. The molecule has 0 bridgehead atoms. The molecule has 0 aliphatic rings. The van der Waals surface area contributed by atoms with Crippen LogP contribution in [0.15, 0.2) is 69.5 Å². The number of para-hydroxylation sites is 1. The van der Waals surface area contributed by atoms with Gasteiger partial charge in [0.15, 0.2) is 5.16 Å². The fourth-order valence-electron chi connectivity index (χ4n) is 2.46. The van der Waals surface area contributed by atoms with Crippen molar-refractivity contribution in [2.75, 3.05) is 11.1 Å². The third-order valence-electron chi connectivity index (χ3n) is 3.68. The number of benzene rings is 2. The molecule has 1 heterocycles. The average Bonchev–Trinajstić information content (AvgIpc) is 2.65. The number of carbonyl (C=O) groups is 1. The molecule has 138 valence electrons. The summed E-state index contributed by atoms with van der Waals surface area (Å²) < 4.78 is 2.34. The fraction of sp³-hybridized carbons (Fsp3) is 0.105. The zero-order chi connectivity index (χ0) is 19.4. The number of hydrogen-bond acceptors (Lipinski definition) is 4. The predicted molar refractivity (Wildman–Crippen MR) is 115 cm³/mol. The van der Waals surface area contributed by atoms with Crippen molar-refractivity contribution < 1.29 is 4.79 Å². The number of fused-ring (bicyclic) bond motifs is 1. The smallest absolute Gasteiger partial charge is 0.262 e. The lowest BCUT2D eigenvalue weighted by Crippen LogP contribution is -2.23. The number of halogens is 2. The first kappa shape index (κ1) is 19.7. The van der Waals surface area contributed by atoms with Crippen LogP contribution in [-0.4, -0.2) is 21.2 Å². The molecule has 8 heteroatoms. The summed E-state index contributed by atoms with van der Waals surface area (Å²) in [4.78, 5) is 29.5. The van der Waals surface area contributed by atoms with Crippen LogP contribution < -0.4 is 10.9 Å². The Morgan fingerprint density at radius 1 is 1.33 bits per heavy atom. The van der Waals surface area contributed by atoms with Gasteiger partial charge >= 0.3 is 0 Å². The minimum Gasteiger partial charge on any atom is -0.324 e. The van der Waals surface area contributed by atoms with Crippen LogP contribution in [0.1, 0.15) is 0 Å². The third kappa shape index (κ3) is 4.61. The maximum Gasteiger partial charge on any atom is 0.262 e. The highest BCUT2D eigenvalue weighted by molar-refractivity contribution is 9.10. The fourth-order valence-corrected chi connectivity index (χ4v) is 3.98. The van der Waals surface area contributed by atoms with Crippen LogP contribution in [0, 0.1) is 0 Å². The van der Waals surface area contributed by atoms with E-state index in [9.17, 15) is 9.59 Å². The third-order valence-corrected chi connectivity index (χ3v) is 5.46. The van der Waals surface area contributed by atoms with Crippen molar-refractivity contribution in [2.24, 2.45) is 0 Å². The monoisotopic (exact) mass is 463 g/mol. The SMILES string of the molecule is C=CCn1c(SCC(=O)Nc2ccc(Br)cc2Cl)nc2ccccc2c1=O. The summed E-state index contributed by atoms with van der Waals surface area (Å²) in [6, 6.07) is 12.4. The van der Waals surface area contributed by atoms with E-state index in [1.54, 1.807) is 42.5 Å². The first-order valence-electron chi connectivity index (χ1n) is 7.98. The van der Waals surface area contributed by atoms with Crippen molar-refractivity contribution in [1.29, 1.82) is 0 Å². The van der Waals surface area contributed by atoms with E-state index in [4.69, 9.17) is 11.6 Å². The van der Waals surface area contributed by atoms with Crippen molar-refractivity contribution >= 4 is 61.8 Å². The molecule has 0 saturated carbocycles. The zero-order valence-electron chi connectivity index (χ0n) is 14.1. The Hall–Kier alpha value is -2.09. The van der Waals surface area contributed by atoms with Gasteiger partial charge in [-0.3, -0.25) is 14.2 Å². The summed E-state index contributed by atoms with van der Waals surface area (Å²) in [5, 5.41) is 4.21. The Kier molecular flexibility index (Phi) is 6.36. The number of anilines is 1. The van der Waals surface area contributed by atoms with Crippen LogP contribution in [0.3, 0.4) is 0 Å². The van der Waals surface area contributed by atoms with Gasteiger partial charge in [0, 0.05) is 11.0 Å². The molecule has 0 unspecified atom stereocenters. The minimum absolute atomic E-state index is 0.0916. The van der Waals surface area contributed by atoms with Crippen LogP contribution in [0.2, 0.25) is 5.02 Å². The van der Waals surface area contributed by atoms with Gasteiger partial charge in [-0.1, -0.05) is 57.5 Å². The first-order valence-corrected chi connectivity index (χ1v) is 10.1. The molecule has 1 N–H and O–H groups in total. The molecule has 0 saturated heterocycles. The predicted octanol–water partition coefficient (Wildman–Crippen LogP) is 4.73. The zero-order valence-corrected chi connectivity index (χ0v) is 17.3. The molecule has 0 radical (unpaired) electrons. The van der Waals surface area contributed by atoms with Crippen molar-refractivity contribution in [2.45, 2.75) is 11.7 Å². The number of aromatic nitrogens is 2. The van der Waals surface area contributed by atoms with Gasteiger partial charge in [0.2, 0.25) is 5.91 Å². The van der Waals surface area contributed by atoms with Gasteiger partial charge in [0.25, 0.3) is 5.56 Å². The largest absolute Gasteiger partial charge is 0.324 e. The second kappa shape index (κ2) is 8.73. The molecule has 3 aromatic rings. The second-order valence-corrected chi connectivity index (χ2v) is 7.84. The van der Waals surface area contributed by atoms with E-state index in [-0.39, 0.29) is 17.2 Å². The molecule has 1 amide bonds. The van der Waals surface area contributed by atoms with E-state index in [1.165, 1.54) is 16.3 Å². The summed E-state index contributed by atoms with van der Waals surface area (Å²) in [5.41, 5.74) is 0.974. The van der Waals surface area contributed by atoms with Crippen molar-refractivity contribution in [3.8, 4) is 0 Å². The normalized spacial score (nSPS) is 10.7. The molecule has 0 spiro atoms. The number of amides is 1. The van der Waals surface area contributed by atoms with Gasteiger partial charge in [-0.05, 0) is 30.3 Å². The van der Waals surface area contributed by atoms with E-state index >= 15 is 0 Å². The Bertz CT molecular complexity index is 1080. The van der Waals surface area contributed by atoms with Gasteiger partial charge in [0.05, 0.1) is 27.4 Å². The Morgan fingerprint density at radius 2 is 2.11 bits per heavy atom. The molecule has 0 aliphatic carbocycles. The van der Waals surface area contributed by atoms with Crippen LogP contribution in [0.5, 0.6) is 0 Å². The number of allylic oxidation sites excluding steroid dienone is 1. The molecule has 1 aromatic heterocycles. The summed E-state index contributed by atoms with van der Waals surface area (Å²) in [6.07, 6.45) is 1.63. The topological polar surface area (TPSA) is 64.0 Å². The van der Waals surface area contributed by atoms with Crippen molar-refractivity contribution in [3.63, 3.8) is 0 Å². The molecule has 3 rings (SSSR count). The van der Waals surface area contributed by atoms with Crippen molar-refractivity contribution in [3.05, 3.63) is 75.0 Å². The summed E-state index contributed by atoms with van der Waals surface area (Å²) >= 11 is 10.6. The maximum absolute atomic E-state index is 12.7. The van der Waals surface area contributed by atoms with E-state index < -0.39 is 0 Å². The van der Waals surface area contributed by atoms with Gasteiger partial charge in [-0.15, -0.1) is 6.58 Å². The van der Waals surface area contributed by atoms with Gasteiger partial charge < -0.3 is 5.32 Å². The van der Waals surface area contributed by atoms with Crippen LogP contribution in [0.4, 0.5) is 5.69 Å². The Balaban J connectivity index is 1.81. The molecular weight excluding hydrogens is 450 g/mol. The Morgan fingerprint density at radius 3 is 2.85 bits per heavy atom. The lowest BCUT2D eigenvalue weighted by atomic mass is 10.2. The number of carbonyl (C=O) groups excluding carboxylic acids is 1. The first-order chi connectivity index (χ1) is 13.0. The summed E-state index contributed by atoms with van der Waals surface area (Å²) in [7, 11) is 0. The number of nitrogens with zero attached hydrogens (tertiary/aromatic N) is 2. The number of rotatable bonds is 6. The standard InChI is InChI=1S/C19H15BrClN3O2S/c1-2-9-24-18(26)13-5-3-4-6-15(13)23-19(24)27-11-17(25)22-16-8-7-12(20)10-14(16)21/h2-8,10H,1,9,11H2,(H,22,25). The molecule has 0 atom stereocenters. The van der Waals surface area contributed by atoms with E-state index in [1.807, 2.05) is 6.07 Å². The van der Waals surface area contributed by atoms with Crippen LogP contribution in [-0.2, 0) is 11.3 Å². The lowest BCUT2D eigenvalue weighted by molar-refractivity contribution is -0.113. The van der Waals surface area contributed by atoms with E-state index in [0.717, 1.165) is 4.47 Å². The van der Waals surface area contributed by atoms with E-state index in [2.05, 4.69) is 32.8 Å². The number of thioether (sulfide) groups is 1. The van der Waals surface area contributed by atoms with Gasteiger partial charge in [0.1, 0.15) is 0 Å². The molecule has 2 aromatic carbocycles. The molecule has 5 nitrogen and oxygen atoms in total. The summed E-state index contributed by atoms with van der Waals surface area (Å²) in [5.74, 6) is -0.148. The second-order valence-electron chi connectivity index (χ2n) is 5.58. The quantitative estimate of drug-likeness (QED) is 0.325. The average molecular weight is 465 g/mol. The Labute approximate surface area is 173 Å². The van der Waals surface area contributed by atoms with E-state index in [0.29, 0.717) is 33.3 Å². The molecule has 0 aliphatic heterocycles. The highest BCUT2D eigenvalue weighted by Gasteiger charge is 2.13. The number of nitrogens with one attached hydrogen (secondary N) is 1. The molecule has 0 fully saturated rings. The maximum atomic E-state index is 12.7. The minimum atomic E-state index is -0.239. The van der Waals surface area contributed by atoms with Gasteiger partial charge in [-0.2, -0.15) is 0 Å². The number of hydrogen-bond donors (Lipinski definition) is 1. The van der Waals surface area contributed by atoms with Gasteiger partial charge in [-0.25, -0.2) is 4.98 Å². The molecular formula is C19H15BrClN3O2S. The lowest BCUT2D eigenvalue weighted by Gasteiger charge is -2.12. The van der Waals surface area contributed by atoms with Crippen LogP contribution in [0.25, 0.3) is 10.9 Å².